The summed E-state index contributed by atoms with van der Waals surface area (Å²) < 4.78 is 13.2. The lowest BCUT2D eigenvalue weighted by molar-refractivity contribution is 0.173. The number of nitrogens with zero attached hydrogens (tertiary/aromatic N) is 1. The molecular weight excluding hydrogens is 245 g/mol. The van der Waals surface area contributed by atoms with E-state index < -0.39 is 0 Å². The van der Waals surface area contributed by atoms with Gasteiger partial charge < -0.3 is 15.5 Å². The van der Waals surface area contributed by atoms with E-state index in [9.17, 15) is 9.18 Å². The third kappa shape index (κ3) is 2.56. The molecule has 2 amide bonds. The maximum absolute atomic E-state index is 13.2. The summed E-state index contributed by atoms with van der Waals surface area (Å²) in [6.45, 7) is 2.57. The maximum Gasteiger partial charge on any atom is 0.322 e. The van der Waals surface area contributed by atoms with Crippen LogP contribution in [0.1, 0.15) is 18.4 Å². The van der Waals surface area contributed by atoms with E-state index >= 15 is 0 Å². The van der Waals surface area contributed by atoms with Crippen molar-refractivity contribution in [3.8, 4) is 0 Å². The third-order valence-electron chi connectivity index (χ3n) is 3.94. The van der Waals surface area contributed by atoms with Crippen molar-refractivity contribution in [2.75, 3.05) is 25.0 Å². The molecular formula is C14H18FN3O. The number of rotatable bonds is 1. The second-order valence-electron chi connectivity index (χ2n) is 5.16. The molecule has 0 saturated carbocycles. The zero-order valence-corrected chi connectivity index (χ0v) is 10.8. The average Bonchev–Trinajstić information content (AvgIpc) is 2.58. The standard InChI is InChI=1S/C14H18FN3O/c15-11-1-2-13-10(9-11)5-8-18(14(19)17-13)12-3-6-16-7-4-12/h1-2,9,12,16H,3-8H2,(H,17,19). The van der Waals surface area contributed by atoms with Crippen molar-refractivity contribution < 1.29 is 9.18 Å². The zero-order chi connectivity index (χ0) is 13.2. The van der Waals surface area contributed by atoms with E-state index in [0.717, 1.165) is 37.2 Å². The molecule has 2 heterocycles. The van der Waals surface area contributed by atoms with Gasteiger partial charge in [-0.1, -0.05) is 0 Å². The number of piperidine rings is 1. The first-order valence-corrected chi connectivity index (χ1v) is 6.81. The van der Waals surface area contributed by atoms with E-state index in [-0.39, 0.29) is 11.8 Å². The molecule has 3 rings (SSSR count). The molecule has 1 fully saturated rings. The fraction of sp³-hybridized carbons (Fsp3) is 0.500. The number of benzene rings is 1. The molecule has 2 aliphatic heterocycles. The number of anilines is 1. The van der Waals surface area contributed by atoms with Gasteiger partial charge in [-0.2, -0.15) is 0 Å². The molecule has 0 aliphatic carbocycles. The number of carbonyl (C=O) groups is 1. The second-order valence-corrected chi connectivity index (χ2v) is 5.16. The predicted molar refractivity (Wildman–Crippen MR) is 71.7 cm³/mol. The van der Waals surface area contributed by atoms with E-state index in [4.69, 9.17) is 0 Å². The lowest BCUT2D eigenvalue weighted by atomic mass is 10.0. The summed E-state index contributed by atoms with van der Waals surface area (Å²) in [7, 11) is 0. The SMILES string of the molecule is O=C1Nc2ccc(F)cc2CCN1C1CCNCC1. The fourth-order valence-corrected chi connectivity index (χ4v) is 2.89. The normalized spacial score (nSPS) is 20.7. The molecule has 102 valence electrons. The Labute approximate surface area is 112 Å². The molecule has 1 aromatic carbocycles. The van der Waals surface area contributed by atoms with E-state index in [1.807, 2.05) is 4.90 Å². The molecule has 0 unspecified atom stereocenters. The van der Waals surface area contributed by atoms with E-state index in [1.165, 1.54) is 12.1 Å². The highest BCUT2D eigenvalue weighted by Gasteiger charge is 2.27. The van der Waals surface area contributed by atoms with Crippen LogP contribution in [0.5, 0.6) is 0 Å². The monoisotopic (exact) mass is 263 g/mol. The summed E-state index contributed by atoms with van der Waals surface area (Å²) in [6, 6.07) is 4.78. The molecule has 4 nitrogen and oxygen atoms in total. The van der Waals surface area contributed by atoms with Gasteiger partial charge in [0.05, 0.1) is 0 Å². The van der Waals surface area contributed by atoms with E-state index in [0.29, 0.717) is 19.0 Å². The number of halogens is 1. The second kappa shape index (κ2) is 5.17. The Balaban J connectivity index is 1.79. The van der Waals surface area contributed by atoms with Gasteiger partial charge in [0.2, 0.25) is 0 Å². The highest BCUT2D eigenvalue weighted by Crippen LogP contribution is 2.24. The van der Waals surface area contributed by atoms with Gasteiger partial charge in [0, 0.05) is 18.3 Å². The van der Waals surface area contributed by atoms with Gasteiger partial charge in [-0.25, -0.2) is 9.18 Å². The Morgan fingerprint density at radius 2 is 2.05 bits per heavy atom. The first kappa shape index (κ1) is 12.4. The first-order valence-electron chi connectivity index (χ1n) is 6.81. The van der Waals surface area contributed by atoms with Crippen LogP contribution in [0.3, 0.4) is 0 Å². The molecule has 0 bridgehead atoms. The highest BCUT2D eigenvalue weighted by molar-refractivity contribution is 5.91. The molecule has 2 aliphatic rings. The quantitative estimate of drug-likeness (QED) is 0.813. The van der Waals surface area contributed by atoms with E-state index in [1.54, 1.807) is 6.07 Å². The van der Waals surface area contributed by atoms with Crippen LogP contribution in [0.2, 0.25) is 0 Å². The molecule has 2 N–H and O–H groups in total. The van der Waals surface area contributed by atoms with Crippen LogP contribution >= 0.6 is 0 Å². The maximum atomic E-state index is 13.2. The summed E-state index contributed by atoms with van der Waals surface area (Å²) in [4.78, 5) is 14.2. The van der Waals surface area contributed by atoms with Crippen LogP contribution in [0.15, 0.2) is 18.2 Å². The highest BCUT2D eigenvalue weighted by atomic mass is 19.1. The van der Waals surface area contributed by atoms with Crippen molar-refractivity contribution in [3.63, 3.8) is 0 Å². The van der Waals surface area contributed by atoms with Gasteiger partial charge in [0.15, 0.2) is 0 Å². The molecule has 19 heavy (non-hydrogen) atoms. The summed E-state index contributed by atoms with van der Waals surface area (Å²) in [6.07, 6.45) is 2.67. The van der Waals surface area contributed by atoms with Crippen LogP contribution in [0.25, 0.3) is 0 Å². The summed E-state index contributed by atoms with van der Waals surface area (Å²) in [5.74, 6) is -0.247. The van der Waals surface area contributed by atoms with Crippen molar-refractivity contribution in [1.29, 1.82) is 0 Å². The largest absolute Gasteiger partial charge is 0.322 e. The van der Waals surface area contributed by atoms with Gasteiger partial charge in [-0.3, -0.25) is 0 Å². The van der Waals surface area contributed by atoms with Crippen molar-refractivity contribution >= 4 is 11.7 Å². The number of hydrogen-bond acceptors (Lipinski definition) is 2. The van der Waals surface area contributed by atoms with E-state index in [2.05, 4.69) is 10.6 Å². The lowest BCUT2D eigenvalue weighted by Gasteiger charge is -2.33. The number of carbonyl (C=O) groups excluding carboxylic acids is 1. The first-order chi connectivity index (χ1) is 9.24. The van der Waals surface area contributed by atoms with Gasteiger partial charge in [-0.15, -0.1) is 0 Å². The minimum atomic E-state index is -0.247. The zero-order valence-electron chi connectivity index (χ0n) is 10.8. The molecule has 5 heteroatoms. The number of nitrogens with one attached hydrogen (secondary N) is 2. The van der Waals surface area contributed by atoms with Crippen molar-refractivity contribution in [2.45, 2.75) is 25.3 Å². The minimum absolute atomic E-state index is 0.0581. The topological polar surface area (TPSA) is 44.4 Å². The lowest BCUT2D eigenvalue weighted by Crippen LogP contribution is -2.47. The molecule has 0 aromatic heterocycles. The predicted octanol–water partition coefficient (Wildman–Crippen LogP) is 1.97. The number of amides is 2. The van der Waals surface area contributed by atoms with Crippen molar-refractivity contribution in [2.24, 2.45) is 0 Å². The number of hydrogen-bond donors (Lipinski definition) is 2. The summed E-state index contributed by atoms with van der Waals surface area (Å²) in [5, 5.41) is 6.20. The molecule has 1 saturated heterocycles. The summed E-state index contributed by atoms with van der Waals surface area (Å²) in [5.41, 5.74) is 1.62. The average molecular weight is 263 g/mol. The Hall–Kier alpha value is -1.62. The Bertz CT molecular complexity index is 486. The minimum Gasteiger partial charge on any atom is -0.321 e. The summed E-state index contributed by atoms with van der Waals surface area (Å²) >= 11 is 0. The van der Waals surface area contributed by atoms with Crippen LogP contribution < -0.4 is 10.6 Å². The van der Waals surface area contributed by atoms with Crippen LogP contribution in [-0.2, 0) is 6.42 Å². The molecule has 1 aromatic rings. The van der Waals surface area contributed by atoms with Crippen molar-refractivity contribution in [3.05, 3.63) is 29.6 Å². The smallest absolute Gasteiger partial charge is 0.321 e. The fourth-order valence-electron chi connectivity index (χ4n) is 2.89. The number of urea groups is 1. The Kier molecular flexibility index (Phi) is 3.38. The van der Waals surface area contributed by atoms with Crippen LogP contribution in [0.4, 0.5) is 14.9 Å². The van der Waals surface area contributed by atoms with Crippen molar-refractivity contribution in [1.82, 2.24) is 10.2 Å². The Morgan fingerprint density at radius 3 is 2.84 bits per heavy atom. The van der Waals surface area contributed by atoms with Gasteiger partial charge in [0.1, 0.15) is 5.82 Å². The van der Waals surface area contributed by atoms with Gasteiger partial charge in [0.25, 0.3) is 0 Å². The molecule has 0 radical (unpaired) electrons. The van der Waals surface area contributed by atoms with Gasteiger partial charge in [-0.05, 0) is 56.1 Å². The van der Waals surface area contributed by atoms with Crippen LogP contribution in [0, 0.1) is 5.82 Å². The van der Waals surface area contributed by atoms with Crippen LogP contribution in [-0.4, -0.2) is 36.6 Å². The Morgan fingerprint density at radius 1 is 1.26 bits per heavy atom. The van der Waals surface area contributed by atoms with Gasteiger partial charge >= 0.3 is 6.03 Å². The number of fused-ring (bicyclic) bond motifs is 1. The molecule has 0 spiro atoms. The third-order valence-corrected chi connectivity index (χ3v) is 3.94. The molecule has 0 atom stereocenters.